The highest BCUT2D eigenvalue weighted by Gasteiger charge is 2.42. The van der Waals surface area contributed by atoms with Crippen LogP contribution in [0.1, 0.15) is 36.3 Å². The number of nitrogens with zero attached hydrogens (tertiary/aromatic N) is 1. The summed E-state index contributed by atoms with van der Waals surface area (Å²) in [4.78, 5) is 38.1. The fourth-order valence-electron chi connectivity index (χ4n) is 4.96. The van der Waals surface area contributed by atoms with E-state index in [2.05, 4.69) is 29.6 Å². The van der Waals surface area contributed by atoms with Gasteiger partial charge in [-0.1, -0.05) is 48.5 Å². The number of ether oxygens (including phenoxy) is 2. The summed E-state index contributed by atoms with van der Waals surface area (Å²) in [5, 5.41) is 12.2. The molecule has 1 aliphatic carbocycles. The standard InChI is InChI=1S/C26H30N2O6/c1-33-17-26(24(30)31)11-14-28(15-12-26)23(29)10-13-27-25(32)34-16-22-20-8-4-2-6-18(20)19-7-3-5-9-21(19)22/h2-9,22H,10-17H2,1H3,(H,27,32)(H,30,31). The van der Waals surface area contributed by atoms with Gasteiger partial charge in [0.25, 0.3) is 0 Å². The van der Waals surface area contributed by atoms with Crippen LogP contribution < -0.4 is 5.32 Å². The minimum atomic E-state index is -0.939. The molecule has 8 nitrogen and oxygen atoms in total. The summed E-state index contributed by atoms with van der Waals surface area (Å²) in [6.07, 6.45) is 0.274. The van der Waals surface area contributed by atoms with Crippen LogP contribution in [0.3, 0.4) is 0 Å². The number of fused-ring (bicyclic) bond motifs is 3. The van der Waals surface area contributed by atoms with Gasteiger partial charge in [-0.25, -0.2) is 4.79 Å². The van der Waals surface area contributed by atoms with Crippen LogP contribution in [0.4, 0.5) is 4.79 Å². The van der Waals surface area contributed by atoms with Crippen LogP contribution in [0.5, 0.6) is 0 Å². The van der Waals surface area contributed by atoms with Crippen molar-refractivity contribution in [2.75, 3.05) is 40.0 Å². The van der Waals surface area contributed by atoms with Crippen molar-refractivity contribution < 1.29 is 29.0 Å². The zero-order valence-corrected chi connectivity index (χ0v) is 19.3. The van der Waals surface area contributed by atoms with Crippen LogP contribution in [0.25, 0.3) is 11.1 Å². The second-order valence-corrected chi connectivity index (χ2v) is 8.90. The Balaban J connectivity index is 1.23. The second kappa shape index (κ2) is 10.3. The lowest BCUT2D eigenvalue weighted by atomic mass is 9.79. The Hall–Kier alpha value is -3.39. The van der Waals surface area contributed by atoms with Gasteiger partial charge in [0, 0.05) is 39.1 Å². The third kappa shape index (κ3) is 4.77. The Morgan fingerprint density at radius 3 is 2.18 bits per heavy atom. The van der Waals surface area contributed by atoms with Crippen LogP contribution in [-0.4, -0.2) is 67.9 Å². The molecule has 1 heterocycles. The van der Waals surface area contributed by atoms with E-state index in [1.165, 1.54) is 7.11 Å². The molecule has 4 rings (SSSR count). The van der Waals surface area contributed by atoms with Gasteiger partial charge in [0.1, 0.15) is 6.61 Å². The number of amides is 2. The fourth-order valence-corrected chi connectivity index (χ4v) is 4.96. The van der Waals surface area contributed by atoms with Crippen LogP contribution in [0.15, 0.2) is 48.5 Å². The molecule has 2 amide bonds. The van der Waals surface area contributed by atoms with E-state index in [4.69, 9.17) is 9.47 Å². The first-order valence-corrected chi connectivity index (χ1v) is 11.5. The molecule has 2 aromatic carbocycles. The average molecular weight is 467 g/mol. The molecule has 0 bridgehead atoms. The predicted molar refractivity (Wildman–Crippen MR) is 125 cm³/mol. The fraction of sp³-hybridized carbons (Fsp3) is 0.423. The van der Waals surface area contributed by atoms with Crippen molar-refractivity contribution in [3.63, 3.8) is 0 Å². The van der Waals surface area contributed by atoms with Gasteiger partial charge in [-0.2, -0.15) is 0 Å². The smallest absolute Gasteiger partial charge is 0.407 e. The van der Waals surface area contributed by atoms with Gasteiger partial charge >= 0.3 is 12.1 Å². The Kier molecular flexibility index (Phi) is 7.17. The molecule has 0 unspecified atom stereocenters. The average Bonchev–Trinajstić information content (AvgIpc) is 3.17. The summed E-state index contributed by atoms with van der Waals surface area (Å²) in [7, 11) is 1.48. The second-order valence-electron chi connectivity index (χ2n) is 8.90. The van der Waals surface area contributed by atoms with E-state index < -0.39 is 17.5 Å². The number of hydrogen-bond donors (Lipinski definition) is 2. The van der Waals surface area contributed by atoms with Crippen molar-refractivity contribution in [3.05, 3.63) is 59.7 Å². The number of carbonyl (C=O) groups excluding carboxylic acids is 2. The van der Waals surface area contributed by atoms with E-state index in [-0.39, 0.29) is 38.0 Å². The van der Waals surface area contributed by atoms with Crippen molar-refractivity contribution in [1.29, 1.82) is 0 Å². The first kappa shape index (κ1) is 23.8. The summed E-state index contributed by atoms with van der Waals surface area (Å²) in [5.74, 6) is -1.02. The summed E-state index contributed by atoms with van der Waals surface area (Å²) < 4.78 is 10.6. The maximum Gasteiger partial charge on any atom is 0.407 e. The summed E-state index contributed by atoms with van der Waals surface area (Å²) in [6.45, 7) is 1.23. The first-order chi connectivity index (χ1) is 16.4. The molecule has 1 aliphatic heterocycles. The number of likely N-dealkylation sites (tertiary alicyclic amines) is 1. The molecule has 0 aromatic heterocycles. The Morgan fingerprint density at radius 2 is 1.62 bits per heavy atom. The lowest BCUT2D eigenvalue weighted by Gasteiger charge is -2.38. The lowest BCUT2D eigenvalue weighted by molar-refractivity contribution is -0.158. The summed E-state index contributed by atoms with van der Waals surface area (Å²) >= 11 is 0. The third-order valence-corrected chi connectivity index (χ3v) is 6.90. The Morgan fingerprint density at radius 1 is 1.03 bits per heavy atom. The largest absolute Gasteiger partial charge is 0.481 e. The maximum atomic E-state index is 12.5. The number of carbonyl (C=O) groups is 3. The van der Waals surface area contributed by atoms with Gasteiger partial charge in [-0.3, -0.25) is 9.59 Å². The molecule has 2 aromatic rings. The molecule has 2 aliphatic rings. The number of methoxy groups -OCH3 is 1. The number of carboxylic acids is 1. The monoisotopic (exact) mass is 466 g/mol. The molecule has 180 valence electrons. The third-order valence-electron chi connectivity index (χ3n) is 6.90. The SMILES string of the molecule is COCC1(C(=O)O)CCN(C(=O)CCNC(=O)OCC2c3ccccc3-c3ccccc32)CC1. The number of nitrogens with one attached hydrogen (secondary N) is 1. The number of alkyl carbamates (subject to hydrolysis) is 1. The van der Waals surface area contributed by atoms with Crippen LogP contribution in [0, 0.1) is 5.41 Å². The molecule has 0 radical (unpaired) electrons. The molecule has 2 N–H and O–H groups in total. The van der Waals surface area contributed by atoms with Crippen LogP contribution in [0.2, 0.25) is 0 Å². The van der Waals surface area contributed by atoms with Gasteiger partial charge in [0.15, 0.2) is 0 Å². The molecule has 0 atom stereocenters. The van der Waals surface area contributed by atoms with Gasteiger partial charge in [-0.05, 0) is 35.1 Å². The number of rotatable bonds is 8. The zero-order valence-electron chi connectivity index (χ0n) is 19.3. The van der Waals surface area contributed by atoms with Crippen molar-refractivity contribution in [2.24, 2.45) is 5.41 Å². The normalized spacial score (nSPS) is 16.4. The van der Waals surface area contributed by atoms with Crippen molar-refractivity contribution in [2.45, 2.75) is 25.2 Å². The van der Waals surface area contributed by atoms with Gasteiger partial charge in [0.2, 0.25) is 5.91 Å². The molecule has 0 saturated carbocycles. The van der Waals surface area contributed by atoms with Gasteiger partial charge in [-0.15, -0.1) is 0 Å². The number of piperidine rings is 1. The number of aliphatic carboxylic acids is 1. The van der Waals surface area contributed by atoms with Crippen LogP contribution in [-0.2, 0) is 19.1 Å². The van der Waals surface area contributed by atoms with E-state index in [0.717, 1.165) is 22.3 Å². The first-order valence-electron chi connectivity index (χ1n) is 11.5. The number of benzene rings is 2. The van der Waals surface area contributed by atoms with Gasteiger partial charge in [0.05, 0.1) is 12.0 Å². The van der Waals surface area contributed by atoms with Crippen molar-refractivity contribution in [3.8, 4) is 11.1 Å². The summed E-state index contributed by atoms with van der Waals surface area (Å²) in [5.41, 5.74) is 3.67. The highest BCUT2D eigenvalue weighted by molar-refractivity contribution is 5.80. The summed E-state index contributed by atoms with van der Waals surface area (Å²) in [6, 6.07) is 16.3. The highest BCUT2D eigenvalue weighted by Crippen LogP contribution is 2.44. The Labute approximate surface area is 198 Å². The topological polar surface area (TPSA) is 105 Å². The molecule has 1 fully saturated rings. The Bertz CT molecular complexity index is 1020. The molecule has 1 saturated heterocycles. The molecule has 8 heteroatoms. The van der Waals surface area contributed by atoms with E-state index in [1.54, 1.807) is 4.90 Å². The molecular formula is C26H30N2O6. The highest BCUT2D eigenvalue weighted by atomic mass is 16.5. The minimum absolute atomic E-state index is 0.0188. The predicted octanol–water partition coefficient (Wildman–Crippen LogP) is 3.26. The lowest BCUT2D eigenvalue weighted by Crippen LogP contribution is -2.49. The van der Waals surface area contributed by atoms with Crippen molar-refractivity contribution >= 4 is 18.0 Å². The minimum Gasteiger partial charge on any atom is -0.481 e. The number of hydrogen-bond acceptors (Lipinski definition) is 5. The van der Waals surface area contributed by atoms with E-state index in [9.17, 15) is 19.5 Å². The number of carboxylic acid groups (broad SMARTS) is 1. The maximum absolute atomic E-state index is 12.5. The zero-order chi connectivity index (χ0) is 24.1. The molecular weight excluding hydrogens is 436 g/mol. The molecule has 34 heavy (non-hydrogen) atoms. The van der Waals surface area contributed by atoms with Gasteiger partial charge < -0.3 is 24.8 Å². The van der Waals surface area contributed by atoms with E-state index >= 15 is 0 Å². The van der Waals surface area contributed by atoms with E-state index in [0.29, 0.717) is 25.9 Å². The van der Waals surface area contributed by atoms with Crippen LogP contribution >= 0.6 is 0 Å². The molecule has 0 spiro atoms. The van der Waals surface area contributed by atoms with Crippen molar-refractivity contribution in [1.82, 2.24) is 10.2 Å². The van der Waals surface area contributed by atoms with E-state index in [1.807, 2.05) is 24.3 Å². The quantitative estimate of drug-likeness (QED) is 0.619.